The van der Waals surface area contributed by atoms with Gasteiger partial charge in [0.15, 0.2) is 0 Å². The van der Waals surface area contributed by atoms with Crippen LogP contribution in [0.5, 0.6) is 5.75 Å². The van der Waals surface area contributed by atoms with E-state index < -0.39 is 0 Å². The SMILES string of the molecule is CCCCCOc1ccc(/C=N/n2c(=S)[nH]nc(C)c2=O)cc1. The normalized spacial score (nSPS) is 11.0. The fourth-order valence-corrected chi connectivity index (χ4v) is 2.07. The van der Waals surface area contributed by atoms with E-state index in [1.165, 1.54) is 12.8 Å². The topological polar surface area (TPSA) is 72.3 Å². The van der Waals surface area contributed by atoms with Gasteiger partial charge in [0.2, 0.25) is 4.77 Å². The van der Waals surface area contributed by atoms with Gasteiger partial charge in [0.25, 0.3) is 5.56 Å². The second kappa shape index (κ2) is 8.38. The van der Waals surface area contributed by atoms with Crippen LogP contribution >= 0.6 is 12.2 Å². The summed E-state index contributed by atoms with van der Waals surface area (Å²) < 4.78 is 6.93. The van der Waals surface area contributed by atoms with Crippen LogP contribution in [0.4, 0.5) is 0 Å². The Balaban J connectivity index is 2.05. The number of rotatable bonds is 7. The van der Waals surface area contributed by atoms with Gasteiger partial charge in [0, 0.05) is 0 Å². The minimum absolute atomic E-state index is 0.160. The van der Waals surface area contributed by atoms with E-state index in [9.17, 15) is 4.79 Å². The van der Waals surface area contributed by atoms with Crippen LogP contribution in [0.25, 0.3) is 0 Å². The zero-order valence-corrected chi connectivity index (χ0v) is 14.1. The highest BCUT2D eigenvalue weighted by molar-refractivity contribution is 7.71. The van der Waals surface area contributed by atoms with Crippen LogP contribution in [0.2, 0.25) is 0 Å². The predicted octanol–water partition coefficient (Wildman–Crippen LogP) is 3.06. The smallest absolute Gasteiger partial charge is 0.296 e. The van der Waals surface area contributed by atoms with Gasteiger partial charge in [-0.15, -0.1) is 0 Å². The Labute approximate surface area is 139 Å². The maximum Gasteiger partial charge on any atom is 0.296 e. The molecule has 23 heavy (non-hydrogen) atoms. The number of ether oxygens (including phenoxy) is 1. The number of aromatic nitrogens is 3. The van der Waals surface area contributed by atoms with Gasteiger partial charge in [-0.1, -0.05) is 19.8 Å². The van der Waals surface area contributed by atoms with Crippen molar-refractivity contribution in [2.24, 2.45) is 5.10 Å². The number of aryl methyl sites for hydroxylation is 1. The van der Waals surface area contributed by atoms with Crippen molar-refractivity contribution < 1.29 is 4.74 Å². The van der Waals surface area contributed by atoms with Crippen LogP contribution < -0.4 is 10.3 Å². The molecule has 0 saturated carbocycles. The van der Waals surface area contributed by atoms with E-state index in [1.807, 2.05) is 24.3 Å². The average Bonchev–Trinajstić information content (AvgIpc) is 2.56. The summed E-state index contributed by atoms with van der Waals surface area (Å²) in [6, 6.07) is 7.53. The van der Waals surface area contributed by atoms with Gasteiger partial charge in [0.05, 0.1) is 12.8 Å². The van der Waals surface area contributed by atoms with Crippen molar-refractivity contribution >= 4 is 18.4 Å². The number of unbranched alkanes of at least 4 members (excludes halogenated alkanes) is 2. The predicted molar refractivity (Wildman–Crippen MR) is 92.9 cm³/mol. The Hall–Kier alpha value is -2.28. The monoisotopic (exact) mass is 332 g/mol. The molecule has 0 fully saturated rings. The zero-order chi connectivity index (χ0) is 16.7. The third kappa shape index (κ3) is 4.85. The van der Waals surface area contributed by atoms with E-state index in [2.05, 4.69) is 22.2 Å². The Kier molecular flexibility index (Phi) is 6.22. The highest BCUT2D eigenvalue weighted by Gasteiger charge is 2.01. The first-order valence-electron chi connectivity index (χ1n) is 7.57. The first-order chi connectivity index (χ1) is 11.1. The molecule has 0 bridgehead atoms. The van der Waals surface area contributed by atoms with E-state index >= 15 is 0 Å². The van der Waals surface area contributed by atoms with E-state index in [0.717, 1.165) is 29.0 Å². The number of nitrogens with zero attached hydrogens (tertiary/aromatic N) is 3. The van der Waals surface area contributed by atoms with Crippen LogP contribution in [-0.4, -0.2) is 27.7 Å². The third-order valence-electron chi connectivity index (χ3n) is 3.23. The number of aromatic amines is 1. The molecule has 0 radical (unpaired) electrons. The zero-order valence-electron chi connectivity index (χ0n) is 13.3. The minimum Gasteiger partial charge on any atom is -0.494 e. The lowest BCUT2D eigenvalue weighted by molar-refractivity contribution is 0.306. The minimum atomic E-state index is -0.333. The average molecular weight is 332 g/mol. The molecule has 7 heteroatoms. The Morgan fingerprint density at radius 1 is 1.35 bits per heavy atom. The molecule has 0 unspecified atom stereocenters. The lowest BCUT2D eigenvalue weighted by Crippen LogP contribution is -2.22. The lowest BCUT2D eigenvalue weighted by atomic mass is 10.2. The largest absolute Gasteiger partial charge is 0.494 e. The maximum absolute atomic E-state index is 11.9. The van der Waals surface area contributed by atoms with Gasteiger partial charge in [0.1, 0.15) is 11.4 Å². The molecule has 122 valence electrons. The fraction of sp³-hybridized carbons (Fsp3) is 0.375. The van der Waals surface area contributed by atoms with E-state index in [0.29, 0.717) is 5.69 Å². The summed E-state index contributed by atoms with van der Waals surface area (Å²) in [5.41, 5.74) is 0.828. The first-order valence-corrected chi connectivity index (χ1v) is 7.98. The van der Waals surface area contributed by atoms with Gasteiger partial charge >= 0.3 is 0 Å². The van der Waals surface area contributed by atoms with Gasteiger partial charge in [-0.3, -0.25) is 9.89 Å². The highest BCUT2D eigenvalue weighted by atomic mass is 32.1. The molecule has 2 rings (SSSR count). The van der Waals surface area contributed by atoms with Crippen molar-refractivity contribution in [3.63, 3.8) is 0 Å². The summed E-state index contributed by atoms with van der Waals surface area (Å²) in [7, 11) is 0. The summed E-state index contributed by atoms with van der Waals surface area (Å²) in [5.74, 6) is 0.826. The summed E-state index contributed by atoms with van der Waals surface area (Å²) in [6.45, 7) is 4.49. The molecular weight excluding hydrogens is 312 g/mol. The molecule has 0 atom stereocenters. The van der Waals surface area contributed by atoms with Gasteiger partial charge in [-0.25, -0.2) is 0 Å². The summed E-state index contributed by atoms with van der Waals surface area (Å²) in [4.78, 5) is 11.9. The Bertz CT molecular complexity index is 778. The molecule has 6 nitrogen and oxygen atoms in total. The number of H-pyrrole nitrogens is 1. The van der Waals surface area contributed by atoms with Crippen LogP contribution in [-0.2, 0) is 0 Å². The molecule has 0 saturated heterocycles. The molecule has 0 aliphatic heterocycles. The molecule has 1 aromatic carbocycles. The molecule has 1 aromatic heterocycles. The van der Waals surface area contributed by atoms with E-state index in [4.69, 9.17) is 17.0 Å². The van der Waals surface area contributed by atoms with Crippen molar-refractivity contribution in [1.29, 1.82) is 0 Å². The molecule has 1 heterocycles. The number of benzene rings is 1. The maximum atomic E-state index is 11.9. The number of hydrogen-bond acceptors (Lipinski definition) is 5. The number of hydrogen-bond donors (Lipinski definition) is 1. The second-order valence-electron chi connectivity index (χ2n) is 5.10. The number of nitrogens with one attached hydrogen (secondary N) is 1. The van der Waals surface area contributed by atoms with Gasteiger partial charge in [-0.2, -0.15) is 14.9 Å². The van der Waals surface area contributed by atoms with Crippen molar-refractivity contribution in [1.82, 2.24) is 14.9 Å². The van der Waals surface area contributed by atoms with Gasteiger partial charge in [-0.05, 0) is 55.4 Å². The molecule has 0 spiro atoms. The van der Waals surface area contributed by atoms with Crippen LogP contribution in [0.15, 0.2) is 34.2 Å². The quantitative estimate of drug-likeness (QED) is 0.480. The van der Waals surface area contributed by atoms with Crippen LogP contribution in [0.1, 0.15) is 37.4 Å². The Morgan fingerprint density at radius 2 is 2.09 bits per heavy atom. The molecule has 0 aliphatic rings. The summed E-state index contributed by atoms with van der Waals surface area (Å²) in [5, 5.41) is 10.5. The fourth-order valence-electron chi connectivity index (χ4n) is 1.89. The molecule has 2 aromatic rings. The third-order valence-corrected chi connectivity index (χ3v) is 3.50. The van der Waals surface area contributed by atoms with E-state index in [1.54, 1.807) is 13.1 Å². The molecular formula is C16H20N4O2S. The summed E-state index contributed by atoms with van der Waals surface area (Å²) >= 11 is 5.02. The van der Waals surface area contributed by atoms with Crippen molar-refractivity contribution in [2.45, 2.75) is 33.1 Å². The van der Waals surface area contributed by atoms with Crippen molar-refractivity contribution in [2.75, 3.05) is 6.61 Å². The second-order valence-corrected chi connectivity index (χ2v) is 5.49. The van der Waals surface area contributed by atoms with Crippen LogP contribution in [0.3, 0.4) is 0 Å². The molecule has 1 N–H and O–H groups in total. The highest BCUT2D eigenvalue weighted by Crippen LogP contribution is 2.12. The first kappa shape index (κ1) is 17.1. The van der Waals surface area contributed by atoms with Crippen molar-refractivity contribution in [3.05, 3.63) is 50.6 Å². The van der Waals surface area contributed by atoms with E-state index in [-0.39, 0.29) is 10.3 Å². The van der Waals surface area contributed by atoms with Crippen molar-refractivity contribution in [3.8, 4) is 5.75 Å². The Morgan fingerprint density at radius 3 is 2.78 bits per heavy atom. The lowest BCUT2D eigenvalue weighted by Gasteiger charge is -2.05. The molecule has 0 aliphatic carbocycles. The van der Waals surface area contributed by atoms with Crippen LogP contribution in [0, 0.1) is 11.7 Å². The molecule has 0 amide bonds. The van der Waals surface area contributed by atoms with Gasteiger partial charge < -0.3 is 4.74 Å². The standard InChI is InChI=1S/C16H20N4O2S/c1-3-4-5-10-22-14-8-6-13(7-9-14)11-17-20-15(21)12(2)18-19-16(20)23/h6-9,11H,3-5,10H2,1-2H3,(H,19,23)/b17-11+. The summed E-state index contributed by atoms with van der Waals surface area (Å²) in [6.07, 6.45) is 4.98.